The van der Waals surface area contributed by atoms with Gasteiger partial charge in [0.15, 0.2) is 0 Å². The van der Waals surface area contributed by atoms with Crippen LogP contribution in [0.3, 0.4) is 0 Å². The molecule has 0 aromatic rings. The van der Waals surface area contributed by atoms with Crippen LogP contribution in [0.4, 0.5) is 0 Å². The molecule has 0 aliphatic carbocycles. The molecule has 0 saturated heterocycles. The van der Waals surface area contributed by atoms with Crippen molar-refractivity contribution in [3.8, 4) is 0 Å². The van der Waals surface area contributed by atoms with E-state index in [0.717, 1.165) is 0 Å². The summed E-state index contributed by atoms with van der Waals surface area (Å²) >= 11 is 0. The Labute approximate surface area is 144 Å². The van der Waals surface area contributed by atoms with Crippen LogP contribution in [0.25, 0.3) is 0 Å². The van der Waals surface area contributed by atoms with Crippen molar-refractivity contribution in [1.29, 1.82) is 0 Å². The van der Waals surface area contributed by atoms with E-state index >= 15 is 0 Å². The standard InChI is InChI=1S/C16H31O7P/c1-9-12(2)24(19,22-10-20-13(17)15(3,4)5)23-11-21-14(18)16(6,7)8/h12H,9-11H2,1-8H3. The van der Waals surface area contributed by atoms with Crippen LogP contribution in [0, 0.1) is 10.8 Å². The summed E-state index contributed by atoms with van der Waals surface area (Å²) in [4.78, 5) is 23.4. The van der Waals surface area contributed by atoms with Crippen molar-refractivity contribution in [2.45, 2.75) is 67.5 Å². The number of carbonyl (C=O) groups excluding carboxylic acids is 2. The van der Waals surface area contributed by atoms with Crippen LogP contribution in [0.2, 0.25) is 0 Å². The van der Waals surface area contributed by atoms with Crippen LogP contribution in [0.15, 0.2) is 0 Å². The molecule has 0 saturated carbocycles. The van der Waals surface area contributed by atoms with E-state index in [2.05, 4.69) is 0 Å². The smallest absolute Gasteiger partial charge is 0.339 e. The first-order valence-electron chi connectivity index (χ1n) is 7.97. The molecular formula is C16H31O7P. The fourth-order valence-corrected chi connectivity index (χ4v) is 2.69. The summed E-state index contributed by atoms with van der Waals surface area (Å²) in [5, 5.41) is 0. The second-order valence-corrected chi connectivity index (χ2v) is 10.1. The minimum atomic E-state index is -3.58. The van der Waals surface area contributed by atoms with Crippen molar-refractivity contribution in [3.05, 3.63) is 0 Å². The summed E-state index contributed by atoms with van der Waals surface area (Å²) in [6.07, 6.45) is 0.526. The predicted molar refractivity (Wildman–Crippen MR) is 90.4 cm³/mol. The first-order valence-corrected chi connectivity index (χ1v) is 9.58. The van der Waals surface area contributed by atoms with Crippen LogP contribution in [-0.4, -0.2) is 31.2 Å². The second-order valence-electron chi connectivity index (χ2n) is 7.65. The van der Waals surface area contributed by atoms with Gasteiger partial charge in [-0.15, -0.1) is 0 Å². The summed E-state index contributed by atoms with van der Waals surface area (Å²) in [6, 6.07) is 0. The summed E-state index contributed by atoms with van der Waals surface area (Å²) in [5.41, 5.74) is -1.81. The van der Waals surface area contributed by atoms with Crippen molar-refractivity contribution < 1.29 is 32.7 Å². The highest BCUT2D eigenvalue weighted by molar-refractivity contribution is 7.54. The van der Waals surface area contributed by atoms with Crippen molar-refractivity contribution in [2.24, 2.45) is 10.8 Å². The summed E-state index contributed by atoms with van der Waals surface area (Å²) in [5.74, 6) is -0.949. The van der Waals surface area contributed by atoms with Gasteiger partial charge in [0, 0.05) is 0 Å². The second kappa shape index (κ2) is 8.97. The molecule has 0 aliphatic heterocycles. The molecule has 0 spiro atoms. The van der Waals surface area contributed by atoms with Crippen LogP contribution in [0.5, 0.6) is 0 Å². The van der Waals surface area contributed by atoms with Gasteiger partial charge in [-0.1, -0.05) is 13.8 Å². The molecule has 8 heteroatoms. The summed E-state index contributed by atoms with van der Waals surface area (Å²) in [7, 11) is -3.58. The SMILES string of the molecule is CCC(C)P(=O)(OCOC(=O)C(C)(C)C)OCOC(=O)C(C)(C)C. The van der Waals surface area contributed by atoms with Gasteiger partial charge in [0.05, 0.1) is 16.5 Å². The van der Waals surface area contributed by atoms with Crippen LogP contribution >= 0.6 is 7.60 Å². The zero-order chi connectivity index (χ0) is 19.2. The normalized spacial score (nSPS) is 14.2. The highest BCUT2D eigenvalue weighted by Gasteiger charge is 2.34. The largest absolute Gasteiger partial charge is 0.438 e. The van der Waals surface area contributed by atoms with Crippen molar-refractivity contribution >= 4 is 19.5 Å². The Kier molecular flexibility index (Phi) is 8.63. The van der Waals surface area contributed by atoms with E-state index in [9.17, 15) is 14.2 Å². The minimum absolute atomic E-state index is 0.431. The molecule has 0 fully saturated rings. The van der Waals surface area contributed by atoms with Crippen molar-refractivity contribution in [1.82, 2.24) is 0 Å². The Morgan fingerprint density at radius 1 is 0.875 bits per heavy atom. The van der Waals surface area contributed by atoms with Gasteiger partial charge in [-0.25, -0.2) is 0 Å². The minimum Gasteiger partial charge on any atom is -0.438 e. The molecule has 24 heavy (non-hydrogen) atoms. The quantitative estimate of drug-likeness (QED) is 0.363. The number of ether oxygens (including phenoxy) is 2. The van der Waals surface area contributed by atoms with E-state index < -0.39 is 49.6 Å². The lowest BCUT2D eigenvalue weighted by atomic mass is 9.98. The van der Waals surface area contributed by atoms with E-state index in [1.54, 1.807) is 48.5 Å². The molecule has 142 valence electrons. The van der Waals surface area contributed by atoms with E-state index in [-0.39, 0.29) is 0 Å². The molecule has 0 aliphatic rings. The monoisotopic (exact) mass is 366 g/mol. The molecule has 0 N–H and O–H groups in total. The molecule has 1 atom stereocenters. The van der Waals surface area contributed by atoms with Gasteiger partial charge < -0.3 is 9.47 Å². The molecule has 1 unspecified atom stereocenters. The fourth-order valence-electron chi connectivity index (χ4n) is 1.26. The average Bonchev–Trinajstić information content (AvgIpc) is 2.44. The van der Waals surface area contributed by atoms with Crippen LogP contribution in [-0.2, 0) is 32.7 Å². The third-order valence-electron chi connectivity index (χ3n) is 3.20. The van der Waals surface area contributed by atoms with Gasteiger partial charge >= 0.3 is 19.5 Å². The Hall–Kier alpha value is -0.910. The predicted octanol–water partition coefficient (Wildman–Crippen LogP) is 4.10. The zero-order valence-corrected chi connectivity index (χ0v) is 16.9. The summed E-state index contributed by atoms with van der Waals surface area (Å²) in [6.45, 7) is 12.8. The lowest BCUT2D eigenvalue weighted by molar-refractivity contribution is -0.162. The van der Waals surface area contributed by atoms with Crippen molar-refractivity contribution in [2.75, 3.05) is 13.6 Å². The van der Waals surface area contributed by atoms with E-state index in [1.807, 2.05) is 6.92 Å². The highest BCUT2D eigenvalue weighted by atomic mass is 31.2. The fraction of sp³-hybridized carbons (Fsp3) is 0.875. The first kappa shape index (κ1) is 23.1. The lowest BCUT2D eigenvalue weighted by Gasteiger charge is -2.25. The van der Waals surface area contributed by atoms with E-state index in [0.29, 0.717) is 6.42 Å². The van der Waals surface area contributed by atoms with Gasteiger partial charge in [0.1, 0.15) is 0 Å². The first-order chi connectivity index (χ1) is 10.7. The Balaban J connectivity index is 4.66. The van der Waals surface area contributed by atoms with Crippen molar-refractivity contribution in [3.63, 3.8) is 0 Å². The lowest BCUT2D eigenvalue weighted by Crippen LogP contribution is -2.25. The molecule has 0 bridgehead atoms. The topological polar surface area (TPSA) is 88.1 Å². The van der Waals surface area contributed by atoms with Gasteiger partial charge in [0.2, 0.25) is 13.6 Å². The van der Waals surface area contributed by atoms with Gasteiger partial charge in [-0.05, 0) is 48.0 Å². The highest BCUT2D eigenvalue weighted by Crippen LogP contribution is 2.54. The van der Waals surface area contributed by atoms with Crippen LogP contribution in [0.1, 0.15) is 61.8 Å². The number of rotatable bonds is 8. The average molecular weight is 366 g/mol. The molecule has 0 radical (unpaired) electrons. The number of hydrogen-bond acceptors (Lipinski definition) is 7. The molecule has 7 nitrogen and oxygen atoms in total. The molecule has 0 heterocycles. The molecular weight excluding hydrogens is 335 g/mol. The third kappa shape index (κ3) is 7.77. The Morgan fingerprint density at radius 3 is 1.46 bits per heavy atom. The Morgan fingerprint density at radius 2 is 1.21 bits per heavy atom. The number of hydrogen-bond donors (Lipinski definition) is 0. The number of carbonyl (C=O) groups is 2. The van der Waals surface area contributed by atoms with Gasteiger partial charge in [0.25, 0.3) is 0 Å². The number of esters is 2. The maximum Gasteiger partial charge on any atom is 0.339 e. The van der Waals surface area contributed by atoms with Gasteiger partial charge in [-0.3, -0.25) is 23.2 Å². The summed E-state index contributed by atoms with van der Waals surface area (Å²) < 4.78 is 33.1. The van der Waals surface area contributed by atoms with Crippen LogP contribution < -0.4 is 0 Å². The maximum atomic E-state index is 12.8. The Bertz CT molecular complexity index is 438. The maximum absolute atomic E-state index is 12.8. The molecule has 0 rings (SSSR count). The third-order valence-corrected chi connectivity index (χ3v) is 5.58. The van der Waals surface area contributed by atoms with E-state index in [4.69, 9.17) is 18.5 Å². The molecule has 0 aromatic heterocycles. The zero-order valence-electron chi connectivity index (χ0n) is 16.0. The van der Waals surface area contributed by atoms with Gasteiger partial charge in [-0.2, -0.15) is 0 Å². The van der Waals surface area contributed by atoms with E-state index in [1.165, 1.54) is 0 Å². The molecule has 0 aromatic carbocycles. The molecule has 0 amide bonds.